The van der Waals surface area contributed by atoms with Crippen molar-refractivity contribution in [3.8, 4) is 0 Å². The largest absolute Gasteiger partial charge is 0.481 e. The third-order valence-electron chi connectivity index (χ3n) is 2.07. The summed E-state index contributed by atoms with van der Waals surface area (Å²) in [6, 6.07) is 0. The van der Waals surface area contributed by atoms with Crippen molar-refractivity contribution in [2.75, 3.05) is 13.2 Å². The normalized spacial score (nSPS) is 15.1. The Bertz CT molecular complexity index is 161. The third-order valence-corrected chi connectivity index (χ3v) is 2.07. The van der Waals surface area contributed by atoms with Crippen LogP contribution in [0.25, 0.3) is 0 Å². The van der Waals surface area contributed by atoms with E-state index in [-0.39, 0.29) is 18.4 Å². The minimum atomic E-state index is -0.789. The van der Waals surface area contributed by atoms with Crippen LogP contribution in [-0.2, 0) is 9.53 Å². The van der Waals surface area contributed by atoms with Gasteiger partial charge in [0.25, 0.3) is 0 Å². The van der Waals surface area contributed by atoms with Crippen LogP contribution in [0.15, 0.2) is 0 Å². The van der Waals surface area contributed by atoms with Gasteiger partial charge in [0.1, 0.15) is 0 Å². The van der Waals surface area contributed by atoms with Crippen LogP contribution in [0.1, 0.15) is 33.1 Å². The molecule has 0 radical (unpaired) electrons. The fourth-order valence-electron chi connectivity index (χ4n) is 1.37. The Kier molecular flexibility index (Phi) is 7.42. The summed E-state index contributed by atoms with van der Waals surface area (Å²) < 4.78 is 5.46. The summed E-state index contributed by atoms with van der Waals surface area (Å²) in [6.45, 7) is 5.14. The monoisotopic (exact) mass is 203 g/mol. The van der Waals surface area contributed by atoms with E-state index >= 15 is 0 Å². The first-order chi connectivity index (χ1) is 6.60. The highest BCUT2D eigenvalue weighted by Gasteiger charge is 2.15. The minimum absolute atomic E-state index is 0.0272. The Labute approximate surface area is 85.4 Å². The van der Waals surface area contributed by atoms with E-state index in [9.17, 15) is 4.79 Å². The molecule has 0 aromatic rings. The van der Waals surface area contributed by atoms with Crippen LogP contribution in [0.3, 0.4) is 0 Å². The second-order valence-electron chi connectivity index (χ2n) is 3.62. The molecule has 0 fully saturated rings. The smallest absolute Gasteiger partial charge is 0.303 e. The van der Waals surface area contributed by atoms with Crippen LogP contribution in [-0.4, -0.2) is 30.3 Å². The van der Waals surface area contributed by atoms with Gasteiger partial charge in [-0.25, -0.2) is 0 Å². The molecule has 0 spiro atoms. The Balaban J connectivity index is 3.73. The van der Waals surface area contributed by atoms with Gasteiger partial charge in [0.2, 0.25) is 0 Å². The first-order valence-electron chi connectivity index (χ1n) is 5.13. The van der Waals surface area contributed by atoms with E-state index in [1.54, 1.807) is 0 Å². The SMILES string of the molecule is CCCOC(C)CC(CN)CC(=O)O. The summed E-state index contributed by atoms with van der Waals surface area (Å²) in [4.78, 5) is 10.5. The predicted octanol–water partition coefficient (Wildman–Crippen LogP) is 1.24. The quantitative estimate of drug-likeness (QED) is 0.622. The van der Waals surface area contributed by atoms with E-state index in [1.807, 2.05) is 13.8 Å². The number of carboxylic acids is 1. The van der Waals surface area contributed by atoms with Crippen molar-refractivity contribution in [3.63, 3.8) is 0 Å². The fraction of sp³-hybridized carbons (Fsp3) is 0.900. The van der Waals surface area contributed by atoms with Crippen molar-refractivity contribution in [2.24, 2.45) is 11.7 Å². The van der Waals surface area contributed by atoms with Gasteiger partial charge in [-0.1, -0.05) is 6.92 Å². The number of carboxylic acid groups (broad SMARTS) is 1. The average Bonchev–Trinajstić information content (AvgIpc) is 2.12. The number of carbonyl (C=O) groups is 1. The fourth-order valence-corrected chi connectivity index (χ4v) is 1.37. The van der Waals surface area contributed by atoms with Gasteiger partial charge >= 0.3 is 5.97 Å². The Hall–Kier alpha value is -0.610. The van der Waals surface area contributed by atoms with Crippen molar-refractivity contribution >= 4 is 5.97 Å². The predicted molar refractivity (Wildman–Crippen MR) is 55.1 cm³/mol. The first-order valence-corrected chi connectivity index (χ1v) is 5.13. The number of ether oxygens (including phenoxy) is 1. The lowest BCUT2D eigenvalue weighted by Gasteiger charge is -2.18. The molecule has 0 heterocycles. The molecule has 0 amide bonds. The summed E-state index contributed by atoms with van der Waals surface area (Å²) in [5.41, 5.74) is 5.48. The van der Waals surface area contributed by atoms with E-state index in [0.29, 0.717) is 6.54 Å². The van der Waals surface area contributed by atoms with Gasteiger partial charge < -0.3 is 15.6 Å². The highest BCUT2D eigenvalue weighted by Crippen LogP contribution is 2.12. The van der Waals surface area contributed by atoms with E-state index in [1.165, 1.54) is 0 Å². The summed E-state index contributed by atoms with van der Waals surface area (Å²) in [6.07, 6.45) is 1.94. The van der Waals surface area contributed by atoms with Crippen LogP contribution < -0.4 is 5.73 Å². The molecule has 0 aliphatic rings. The molecule has 2 unspecified atom stereocenters. The van der Waals surface area contributed by atoms with E-state index in [0.717, 1.165) is 19.4 Å². The van der Waals surface area contributed by atoms with Crippen molar-refractivity contribution < 1.29 is 14.6 Å². The van der Waals surface area contributed by atoms with Crippen molar-refractivity contribution in [2.45, 2.75) is 39.2 Å². The molecule has 0 saturated heterocycles. The maximum absolute atomic E-state index is 10.5. The van der Waals surface area contributed by atoms with Crippen molar-refractivity contribution in [3.05, 3.63) is 0 Å². The van der Waals surface area contributed by atoms with Gasteiger partial charge in [0.05, 0.1) is 6.10 Å². The molecule has 0 rings (SSSR count). The maximum Gasteiger partial charge on any atom is 0.303 e. The van der Waals surface area contributed by atoms with E-state index in [2.05, 4.69) is 0 Å². The number of nitrogens with two attached hydrogens (primary N) is 1. The molecule has 0 aliphatic carbocycles. The molecule has 0 aromatic heterocycles. The van der Waals surface area contributed by atoms with Gasteiger partial charge in [0.15, 0.2) is 0 Å². The molecular weight excluding hydrogens is 182 g/mol. The molecule has 0 aliphatic heterocycles. The van der Waals surface area contributed by atoms with Crippen molar-refractivity contribution in [1.29, 1.82) is 0 Å². The Morgan fingerprint density at radius 2 is 2.21 bits per heavy atom. The van der Waals surface area contributed by atoms with Gasteiger partial charge in [-0.15, -0.1) is 0 Å². The lowest BCUT2D eigenvalue weighted by molar-refractivity contribution is -0.138. The number of rotatable bonds is 8. The number of hydrogen-bond donors (Lipinski definition) is 2. The van der Waals surface area contributed by atoms with Gasteiger partial charge in [0, 0.05) is 13.0 Å². The lowest BCUT2D eigenvalue weighted by atomic mass is 9.99. The standard InChI is InChI=1S/C10H21NO3/c1-3-4-14-8(2)5-9(7-11)6-10(12)13/h8-9H,3-7,11H2,1-2H3,(H,12,13). The molecule has 0 saturated carbocycles. The Morgan fingerprint density at radius 1 is 1.57 bits per heavy atom. The van der Waals surface area contributed by atoms with E-state index in [4.69, 9.17) is 15.6 Å². The van der Waals surface area contributed by atoms with Gasteiger partial charge in [-0.2, -0.15) is 0 Å². The molecule has 4 heteroatoms. The number of aliphatic carboxylic acids is 1. The molecule has 2 atom stereocenters. The molecule has 4 nitrogen and oxygen atoms in total. The molecule has 14 heavy (non-hydrogen) atoms. The second-order valence-corrected chi connectivity index (χ2v) is 3.62. The van der Waals surface area contributed by atoms with E-state index < -0.39 is 5.97 Å². The Morgan fingerprint density at radius 3 is 2.64 bits per heavy atom. The number of hydrogen-bond acceptors (Lipinski definition) is 3. The first kappa shape index (κ1) is 13.4. The average molecular weight is 203 g/mol. The topological polar surface area (TPSA) is 72.5 Å². The zero-order valence-corrected chi connectivity index (χ0v) is 9.03. The molecular formula is C10H21NO3. The molecule has 84 valence electrons. The summed E-state index contributed by atoms with van der Waals surface area (Å²) in [7, 11) is 0. The van der Waals surface area contributed by atoms with Crippen LogP contribution in [0.5, 0.6) is 0 Å². The molecule has 0 aromatic carbocycles. The summed E-state index contributed by atoms with van der Waals surface area (Å²) in [5, 5.41) is 8.61. The van der Waals surface area contributed by atoms with Crippen LogP contribution >= 0.6 is 0 Å². The van der Waals surface area contributed by atoms with Gasteiger partial charge in [-0.05, 0) is 32.2 Å². The van der Waals surface area contributed by atoms with Crippen LogP contribution in [0, 0.1) is 5.92 Å². The van der Waals surface area contributed by atoms with Crippen molar-refractivity contribution in [1.82, 2.24) is 0 Å². The van der Waals surface area contributed by atoms with Crippen LogP contribution in [0.4, 0.5) is 0 Å². The molecule has 3 N–H and O–H groups in total. The summed E-state index contributed by atoms with van der Waals surface area (Å²) in [5.74, 6) is -0.762. The highest BCUT2D eigenvalue weighted by molar-refractivity contribution is 5.67. The minimum Gasteiger partial charge on any atom is -0.481 e. The zero-order valence-electron chi connectivity index (χ0n) is 9.03. The second kappa shape index (κ2) is 7.76. The summed E-state index contributed by atoms with van der Waals surface area (Å²) >= 11 is 0. The lowest BCUT2D eigenvalue weighted by Crippen LogP contribution is -2.23. The van der Waals surface area contributed by atoms with Crippen LogP contribution in [0.2, 0.25) is 0 Å². The van der Waals surface area contributed by atoms with Gasteiger partial charge in [-0.3, -0.25) is 4.79 Å². The highest BCUT2D eigenvalue weighted by atomic mass is 16.5. The maximum atomic E-state index is 10.5. The zero-order chi connectivity index (χ0) is 11.0. The third kappa shape index (κ3) is 6.86. The molecule has 0 bridgehead atoms.